The van der Waals surface area contributed by atoms with Gasteiger partial charge < -0.3 is 15.3 Å². The van der Waals surface area contributed by atoms with E-state index < -0.39 is 17.9 Å². The fraction of sp³-hybridized carbons (Fsp3) is 0.211. The Morgan fingerprint density at radius 2 is 1.46 bits per heavy atom. The summed E-state index contributed by atoms with van der Waals surface area (Å²) in [6, 6.07) is 11.7. The molecule has 3 N–H and O–H groups in total. The molecule has 7 heteroatoms. The van der Waals surface area contributed by atoms with Gasteiger partial charge in [-0.15, -0.1) is 0 Å². The van der Waals surface area contributed by atoms with Gasteiger partial charge in [0.25, 0.3) is 0 Å². The fourth-order valence-corrected chi connectivity index (χ4v) is 2.74. The van der Waals surface area contributed by atoms with Crippen molar-refractivity contribution in [3.8, 4) is 0 Å². The van der Waals surface area contributed by atoms with Crippen LogP contribution >= 0.6 is 0 Å². The van der Waals surface area contributed by atoms with Crippen molar-refractivity contribution in [1.29, 1.82) is 0 Å². The molecule has 0 amide bonds. The third kappa shape index (κ3) is 5.15. The van der Waals surface area contributed by atoms with E-state index in [-0.39, 0.29) is 24.2 Å². The molecule has 0 bridgehead atoms. The van der Waals surface area contributed by atoms with Crippen molar-refractivity contribution in [2.75, 3.05) is 6.54 Å². The van der Waals surface area contributed by atoms with E-state index in [9.17, 15) is 19.5 Å². The van der Waals surface area contributed by atoms with Crippen LogP contribution in [0.4, 0.5) is 0 Å². The molecule has 0 aliphatic heterocycles. The first kappa shape index (κ1) is 19.1. The standard InChI is InChI=1S/C19H19NO6/c1-12-3-2-4-13(7-12)9-20(11-17(21)22)10-14-5-6-15(18(23)24)16(8-14)19(25)26/h2-8H,9-11H2,1H3,(H,21,22)(H,23,24)(H,25,26). The van der Waals surface area contributed by atoms with Crippen molar-refractivity contribution in [2.45, 2.75) is 20.0 Å². The highest BCUT2D eigenvalue weighted by Gasteiger charge is 2.18. The highest BCUT2D eigenvalue weighted by molar-refractivity contribution is 6.01. The van der Waals surface area contributed by atoms with Gasteiger partial charge in [0, 0.05) is 13.1 Å². The summed E-state index contributed by atoms with van der Waals surface area (Å²) in [5.74, 6) is -3.66. The average Bonchev–Trinajstić information content (AvgIpc) is 2.53. The maximum Gasteiger partial charge on any atom is 0.336 e. The Morgan fingerprint density at radius 1 is 0.846 bits per heavy atom. The number of carboxylic acid groups (broad SMARTS) is 3. The summed E-state index contributed by atoms with van der Waals surface area (Å²) in [5, 5.41) is 27.4. The van der Waals surface area contributed by atoms with E-state index in [0.29, 0.717) is 12.1 Å². The van der Waals surface area contributed by atoms with Crippen molar-refractivity contribution < 1.29 is 29.7 Å². The summed E-state index contributed by atoms with van der Waals surface area (Å²) < 4.78 is 0. The molecule has 0 spiro atoms. The average molecular weight is 357 g/mol. The molecule has 0 saturated carbocycles. The van der Waals surface area contributed by atoms with Gasteiger partial charge in [0.1, 0.15) is 0 Å². The van der Waals surface area contributed by atoms with E-state index in [2.05, 4.69) is 0 Å². The molecular weight excluding hydrogens is 338 g/mol. The second-order valence-corrected chi connectivity index (χ2v) is 6.02. The molecule has 26 heavy (non-hydrogen) atoms. The zero-order valence-electron chi connectivity index (χ0n) is 14.2. The van der Waals surface area contributed by atoms with Gasteiger partial charge in [-0.25, -0.2) is 9.59 Å². The first-order valence-electron chi connectivity index (χ1n) is 7.85. The Morgan fingerprint density at radius 3 is 2.00 bits per heavy atom. The van der Waals surface area contributed by atoms with Gasteiger partial charge in [0.2, 0.25) is 0 Å². The number of hydrogen-bond donors (Lipinski definition) is 3. The van der Waals surface area contributed by atoms with Crippen LogP contribution in [-0.4, -0.2) is 44.7 Å². The second kappa shape index (κ2) is 8.26. The zero-order chi connectivity index (χ0) is 19.3. The monoisotopic (exact) mass is 357 g/mol. The number of aliphatic carboxylic acids is 1. The van der Waals surface area contributed by atoms with Crippen LogP contribution in [0, 0.1) is 6.92 Å². The van der Waals surface area contributed by atoms with E-state index in [1.807, 2.05) is 31.2 Å². The molecule has 2 aromatic rings. The Kier molecular flexibility index (Phi) is 6.08. The molecule has 0 aliphatic rings. The molecule has 0 unspecified atom stereocenters. The van der Waals surface area contributed by atoms with Crippen molar-refractivity contribution in [3.05, 3.63) is 70.3 Å². The quantitative estimate of drug-likeness (QED) is 0.665. The molecule has 0 aromatic heterocycles. The van der Waals surface area contributed by atoms with E-state index >= 15 is 0 Å². The lowest BCUT2D eigenvalue weighted by Crippen LogP contribution is -2.29. The minimum absolute atomic E-state index is 0.181. The number of carboxylic acids is 3. The third-order valence-corrected chi connectivity index (χ3v) is 3.80. The van der Waals surface area contributed by atoms with E-state index in [4.69, 9.17) is 10.2 Å². The predicted octanol–water partition coefficient (Wildman–Crippen LogP) is 2.48. The smallest absolute Gasteiger partial charge is 0.336 e. The molecule has 0 radical (unpaired) electrons. The molecule has 0 fully saturated rings. The van der Waals surface area contributed by atoms with Crippen LogP contribution < -0.4 is 0 Å². The lowest BCUT2D eigenvalue weighted by molar-refractivity contribution is -0.138. The number of hydrogen-bond acceptors (Lipinski definition) is 4. The van der Waals surface area contributed by atoms with Crippen LogP contribution in [0.2, 0.25) is 0 Å². The Labute approximate surface area is 150 Å². The molecule has 0 atom stereocenters. The molecule has 0 aliphatic carbocycles. The van der Waals surface area contributed by atoms with Crippen LogP contribution in [0.5, 0.6) is 0 Å². The van der Waals surface area contributed by atoms with Crippen LogP contribution in [0.25, 0.3) is 0 Å². The molecular formula is C19H19NO6. The van der Waals surface area contributed by atoms with E-state index in [1.165, 1.54) is 18.2 Å². The number of rotatable bonds is 8. The van der Waals surface area contributed by atoms with Crippen molar-refractivity contribution >= 4 is 17.9 Å². The van der Waals surface area contributed by atoms with Crippen molar-refractivity contribution in [1.82, 2.24) is 4.90 Å². The van der Waals surface area contributed by atoms with Gasteiger partial charge in [0.05, 0.1) is 17.7 Å². The van der Waals surface area contributed by atoms with Gasteiger partial charge >= 0.3 is 17.9 Å². The summed E-state index contributed by atoms with van der Waals surface area (Å²) >= 11 is 0. The van der Waals surface area contributed by atoms with Crippen LogP contribution in [0.15, 0.2) is 42.5 Å². The highest BCUT2D eigenvalue weighted by atomic mass is 16.4. The third-order valence-electron chi connectivity index (χ3n) is 3.80. The molecule has 0 saturated heterocycles. The first-order chi connectivity index (χ1) is 12.3. The molecule has 7 nitrogen and oxygen atoms in total. The number of carbonyl (C=O) groups is 3. The molecule has 2 aromatic carbocycles. The largest absolute Gasteiger partial charge is 0.480 e. The van der Waals surface area contributed by atoms with Crippen molar-refractivity contribution in [2.24, 2.45) is 0 Å². The first-order valence-corrected chi connectivity index (χ1v) is 7.85. The van der Waals surface area contributed by atoms with Crippen LogP contribution in [0.3, 0.4) is 0 Å². The van der Waals surface area contributed by atoms with Gasteiger partial charge in [-0.05, 0) is 30.2 Å². The topological polar surface area (TPSA) is 115 Å². The molecule has 136 valence electrons. The molecule has 2 rings (SSSR count). The lowest BCUT2D eigenvalue weighted by Gasteiger charge is -2.21. The summed E-state index contributed by atoms with van der Waals surface area (Å²) in [4.78, 5) is 35.2. The molecule has 0 heterocycles. The second-order valence-electron chi connectivity index (χ2n) is 6.02. The fourth-order valence-electron chi connectivity index (χ4n) is 2.74. The number of aryl methyl sites for hydroxylation is 1. The summed E-state index contributed by atoms with van der Waals surface area (Å²) in [6.07, 6.45) is 0. The number of benzene rings is 2. The van der Waals surface area contributed by atoms with Crippen molar-refractivity contribution in [3.63, 3.8) is 0 Å². The Balaban J connectivity index is 2.27. The summed E-state index contributed by atoms with van der Waals surface area (Å²) in [7, 11) is 0. The zero-order valence-corrected chi connectivity index (χ0v) is 14.2. The Hall–Kier alpha value is -3.19. The maximum absolute atomic E-state index is 11.3. The number of aromatic carboxylic acids is 2. The van der Waals surface area contributed by atoms with Gasteiger partial charge in [-0.3, -0.25) is 9.69 Å². The summed E-state index contributed by atoms with van der Waals surface area (Å²) in [6.45, 7) is 2.27. The minimum Gasteiger partial charge on any atom is -0.480 e. The maximum atomic E-state index is 11.3. The van der Waals surface area contributed by atoms with Gasteiger partial charge in [-0.2, -0.15) is 0 Å². The SMILES string of the molecule is Cc1cccc(CN(CC(=O)O)Cc2ccc(C(=O)O)c(C(=O)O)c2)c1. The highest BCUT2D eigenvalue weighted by Crippen LogP contribution is 2.16. The lowest BCUT2D eigenvalue weighted by atomic mass is 10.0. The van der Waals surface area contributed by atoms with Crippen LogP contribution in [0.1, 0.15) is 37.4 Å². The Bertz CT molecular complexity index is 846. The van der Waals surface area contributed by atoms with E-state index in [0.717, 1.165) is 11.1 Å². The van der Waals surface area contributed by atoms with Gasteiger partial charge in [-0.1, -0.05) is 35.9 Å². The summed E-state index contributed by atoms with van der Waals surface area (Å²) in [5.41, 5.74) is 1.90. The van der Waals surface area contributed by atoms with Crippen LogP contribution in [-0.2, 0) is 17.9 Å². The predicted molar refractivity (Wildman–Crippen MR) is 93.3 cm³/mol. The van der Waals surface area contributed by atoms with E-state index in [1.54, 1.807) is 4.90 Å². The normalized spacial score (nSPS) is 10.7. The number of nitrogens with zero attached hydrogens (tertiary/aromatic N) is 1. The minimum atomic E-state index is -1.34. The van der Waals surface area contributed by atoms with Gasteiger partial charge in [0.15, 0.2) is 0 Å².